The lowest BCUT2D eigenvalue weighted by Crippen LogP contribution is -2.25. The molecule has 1 rings (SSSR count). The molecular weight excluding hydrogens is 258 g/mol. The van der Waals surface area contributed by atoms with Crippen LogP contribution in [0.5, 0.6) is 0 Å². The van der Waals surface area contributed by atoms with E-state index in [0.717, 1.165) is 10.3 Å². The molecule has 0 aliphatic heterocycles. The largest absolute Gasteiger partial charge is 0.372 e. The van der Waals surface area contributed by atoms with E-state index in [2.05, 4.69) is 31.2 Å². The van der Waals surface area contributed by atoms with E-state index in [0.29, 0.717) is 12.4 Å². The van der Waals surface area contributed by atoms with Crippen molar-refractivity contribution in [2.75, 3.05) is 19.0 Å². The van der Waals surface area contributed by atoms with Gasteiger partial charge in [-0.15, -0.1) is 0 Å². The van der Waals surface area contributed by atoms with Gasteiger partial charge in [-0.25, -0.2) is 9.97 Å². The Morgan fingerprint density at radius 3 is 2.73 bits per heavy atom. The summed E-state index contributed by atoms with van der Waals surface area (Å²) in [5.74, 6) is 1.45. The number of aromatic nitrogens is 2. The highest BCUT2D eigenvalue weighted by Crippen LogP contribution is 2.25. The minimum Gasteiger partial charge on any atom is -0.372 e. The summed E-state index contributed by atoms with van der Waals surface area (Å²) in [6.07, 6.45) is 1.73. The number of hydrogen-bond acceptors (Lipinski definition) is 4. The van der Waals surface area contributed by atoms with Crippen LogP contribution in [-0.2, 0) is 10.3 Å². The Kier molecular flexibility index (Phi) is 4.04. The third-order valence-electron chi connectivity index (χ3n) is 2.02. The van der Waals surface area contributed by atoms with Crippen LogP contribution in [0.25, 0.3) is 0 Å². The molecule has 0 bridgehead atoms. The van der Waals surface area contributed by atoms with Crippen LogP contribution in [0.2, 0.25) is 0 Å². The second kappa shape index (κ2) is 4.90. The van der Waals surface area contributed by atoms with Gasteiger partial charge in [0, 0.05) is 19.9 Å². The van der Waals surface area contributed by atoms with E-state index < -0.39 is 5.60 Å². The molecule has 0 saturated heterocycles. The molecule has 5 heteroatoms. The fourth-order valence-corrected chi connectivity index (χ4v) is 1.65. The lowest BCUT2D eigenvalue weighted by Gasteiger charge is -2.23. The molecule has 4 nitrogen and oxygen atoms in total. The van der Waals surface area contributed by atoms with Crippen molar-refractivity contribution in [3.63, 3.8) is 0 Å². The van der Waals surface area contributed by atoms with Gasteiger partial charge in [0.05, 0.1) is 4.47 Å². The molecule has 0 aromatic carbocycles. The van der Waals surface area contributed by atoms with Crippen LogP contribution in [-0.4, -0.2) is 23.6 Å². The lowest BCUT2D eigenvalue weighted by molar-refractivity contribution is -0.0207. The molecule has 1 aromatic heterocycles. The van der Waals surface area contributed by atoms with Crippen molar-refractivity contribution in [3.05, 3.63) is 16.5 Å². The van der Waals surface area contributed by atoms with Crippen molar-refractivity contribution in [1.82, 2.24) is 9.97 Å². The quantitative estimate of drug-likeness (QED) is 0.916. The summed E-state index contributed by atoms with van der Waals surface area (Å²) in [4.78, 5) is 8.64. The van der Waals surface area contributed by atoms with Gasteiger partial charge in [-0.3, -0.25) is 0 Å². The maximum absolute atomic E-state index is 5.59. The molecule has 1 N–H and O–H groups in total. The first-order valence-electron chi connectivity index (χ1n) is 4.86. The molecule has 1 aromatic rings. The summed E-state index contributed by atoms with van der Waals surface area (Å²) in [6, 6.07) is 0. The highest BCUT2D eigenvalue weighted by atomic mass is 79.9. The predicted molar refractivity (Wildman–Crippen MR) is 63.9 cm³/mol. The van der Waals surface area contributed by atoms with Crippen molar-refractivity contribution in [2.24, 2.45) is 0 Å². The predicted octanol–water partition coefficient (Wildman–Crippen LogP) is 2.55. The zero-order chi connectivity index (χ0) is 11.5. The SMILES string of the molecule is CCOC(C)(C)c1ncc(Br)c(NC)n1. The fraction of sp³-hybridized carbons (Fsp3) is 0.600. The Hall–Kier alpha value is -0.680. The molecule has 0 atom stereocenters. The van der Waals surface area contributed by atoms with Gasteiger partial charge in [-0.2, -0.15) is 0 Å². The average molecular weight is 274 g/mol. The van der Waals surface area contributed by atoms with E-state index in [1.807, 2.05) is 27.8 Å². The van der Waals surface area contributed by atoms with Crippen LogP contribution in [0.3, 0.4) is 0 Å². The van der Waals surface area contributed by atoms with Crippen LogP contribution in [0.1, 0.15) is 26.6 Å². The van der Waals surface area contributed by atoms with E-state index in [4.69, 9.17) is 4.74 Å². The van der Waals surface area contributed by atoms with Gasteiger partial charge in [0.25, 0.3) is 0 Å². The van der Waals surface area contributed by atoms with Gasteiger partial charge < -0.3 is 10.1 Å². The second-order valence-corrected chi connectivity index (χ2v) is 4.44. The van der Waals surface area contributed by atoms with Gasteiger partial charge in [-0.1, -0.05) is 0 Å². The van der Waals surface area contributed by atoms with Crippen LogP contribution in [0.4, 0.5) is 5.82 Å². The van der Waals surface area contributed by atoms with E-state index in [9.17, 15) is 0 Å². The first-order chi connectivity index (χ1) is 7.01. The molecule has 0 saturated carbocycles. The standard InChI is InChI=1S/C10H16BrN3O/c1-5-15-10(2,3)9-13-6-7(11)8(12-4)14-9/h6H,5H2,1-4H3,(H,12,13,14). The van der Waals surface area contributed by atoms with Crippen molar-refractivity contribution >= 4 is 21.7 Å². The average Bonchev–Trinajstić information content (AvgIpc) is 2.18. The fourth-order valence-electron chi connectivity index (χ4n) is 1.26. The van der Waals surface area contributed by atoms with Gasteiger partial charge in [0.2, 0.25) is 0 Å². The molecule has 0 fully saturated rings. The molecule has 0 radical (unpaired) electrons. The smallest absolute Gasteiger partial charge is 0.162 e. The summed E-state index contributed by atoms with van der Waals surface area (Å²) in [7, 11) is 1.82. The van der Waals surface area contributed by atoms with E-state index in [-0.39, 0.29) is 0 Å². The van der Waals surface area contributed by atoms with Gasteiger partial charge in [0.15, 0.2) is 5.82 Å². The van der Waals surface area contributed by atoms with Crippen LogP contribution >= 0.6 is 15.9 Å². The lowest BCUT2D eigenvalue weighted by atomic mass is 10.1. The van der Waals surface area contributed by atoms with E-state index >= 15 is 0 Å². The molecule has 0 aliphatic rings. The number of anilines is 1. The first kappa shape index (κ1) is 12.4. The molecule has 0 amide bonds. The molecule has 84 valence electrons. The Bertz CT molecular complexity index is 341. The molecule has 15 heavy (non-hydrogen) atoms. The monoisotopic (exact) mass is 273 g/mol. The number of nitrogens with zero attached hydrogens (tertiary/aromatic N) is 2. The molecule has 1 heterocycles. The highest BCUT2D eigenvalue weighted by Gasteiger charge is 2.24. The Labute approximate surface area is 98.6 Å². The van der Waals surface area contributed by atoms with E-state index in [1.54, 1.807) is 6.20 Å². The first-order valence-corrected chi connectivity index (χ1v) is 5.65. The summed E-state index contributed by atoms with van der Waals surface area (Å²) in [5.41, 5.74) is -0.457. The summed E-state index contributed by atoms with van der Waals surface area (Å²) in [5, 5.41) is 3.00. The maximum Gasteiger partial charge on any atom is 0.162 e. The van der Waals surface area contributed by atoms with Crippen molar-refractivity contribution in [3.8, 4) is 0 Å². The highest BCUT2D eigenvalue weighted by molar-refractivity contribution is 9.10. The summed E-state index contributed by atoms with van der Waals surface area (Å²) >= 11 is 3.37. The van der Waals surface area contributed by atoms with Crippen LogP contribution in [0.15, 0.2) is 10.7 Å². The topological polar surface area (TPSA) is 47.0 Å². The maximum atomic E-state index is 5.59. The van der Waals surface area contributed by atoms with E-state index in [1.165, 1.54) is 0 Å². The molecule has 0 spiro atoms. The number of rotatable bonds is 4. The minimum absolute atomic E-state index is 0.457. The van der Waals surface area contributed by atoms with Crippen molar-refractivity contribution in [1.29, 1.82) is 0 Å². The summed E-state index contributed by atoms with van der Waals surface area (Å²) < 4.78 is 6.43. The van der Waals surface area contributed by atoms with Gasteiger partial charge in [0.1, 0.15) is 11.4 Å². The normalized spacial score (nSPS) is 11.5. The zero-order valence-electron chi connectivity index (χ0n) is 9.47. The number of ether oxygens (including phenoxy) is 1. The Morgan fingerprint density at radius 2 is 2.20 bits per heavy atom. The minimum atomic E-state index is -0.457. The van der Waals surface area contributed by atoms with Gasteiger partial charge >= 0.3 is 0 Å². The third kappa shape index (κ3) is 2.89. The third-order valence-corrected chi connectivity index (χ3v) is 2.60. The Morgan fingerprint density at radius 1 is 1.53 bits per heavy atom. The number of nitrogens with one attached hydrogen (secondary N) is 1. The van der Waals surface area contributed by atoms with Crippen LogP contribution in [0, 0.1) is 0 Å². The van der Waals surface area contributed by atoms with Crippen LogP contribution < -0.4 is 5.32 Å². The molecular formula is C10H16BrN3O. The Balaban J connectivity index is 3.04. The van der Waals surface area contributed by atoms with Crippen molar-refractivity contribution < 1.29 is 4.74 Å². The number of halogens is 1. The zero-order valence-corrected chi connectivity index (χ0v) is 11.1. The number of hydrogen-bond donors (Lipinski definition) is 1. The molecule has 0 aliphatic carbocycles. The second-order valence-electron chi connectivity index (χ2n) is 3.58. The van der Waals surface area contributed by atoms with Crippen molar-refractivity contribution in [2.45, 2.75) is 26.4 Å². The van der Waals surface area contributed by atoms with Gasteiger partial charge in [-0.05, 0) is 36.7 Å². The molecule has 0 unspecified atom stereocenters. The summed E-state index contributed by atoms with van der Waals surface area (Å²) in [6.45, 7) is 6.51.